The number of alkyl carbamates (subject to hydrolysis) is 1. The Morgan fingerprint density at radius 2 is 1.72 bits per heavy atom. The molecule has 1 N–H and O–H groups in total. The molecule has 0 aromatic carbocycles. The van der Waals surface area contributed by atoms with Crippen molar-refractivity contribution in [3.05, 3.63) is 11.9 Å². The first-order chi connectivity index (χ1) is 11.6. The number of esters is 1. The number of nitrogens with one attached hydrogen (secondary N) is 1. The van der Waals surface area contributed by atoms with E-state index in [0.717, 1.165) is 25.7 Å². The highest BCUT2D eigenvalue weighted by molar-refractivity contribution is 6.34. The number of rotatable bonds is 9. The van der Waals surface area contributed by atoms with Crippen LogP contribution >= 0.6 is 0 Å². The zero-order chi connectivity index (χ0) is 19.5. The molecule has 0 aliphatic carbocycles. The topological polar surface area (TPSA) is 67.6 Å². The maximum atomic E-state index is 12.2. The molecule has 6 heteroatoms. The Hall–Kier alpha value is -1.85. The first-order valence-corrected chi connectivity index (χ1v) is 9.03. The first kappa shape index (κ1) is 23.1. The van der Waals surface area contributed by atoms with Crippen LogP contribution in [0, 0.1) is 0 Å². The van der Waals surface area contributed by atoms with Gasteiger partial charge in [0.15, 0.2) is 6.20 Å². The minimum absolute atomic E-state index is 0.328. The zero-order valence-corrected chi connectivity index (χ0v) is 16.9. The lowest BCUT2D eigenvalue weighted by molar-refractivity contribution is -0.459. The number of allylic oxidation sites excluding steroid dienone is 1. The second-order valence-electron chi connectivity index (χ2n) is 7.03. The summed E-state index contributed by atoms with van der Waals surface area (Å²) in [6.07, 6.45) is 5.74. The van der Waals surface area contributed by atoms with Gasteiger partial charge < -0.3 is 9.47 Å². The van der Waals surface area contributed by atoms with Crippen molar-refractivity contribution in [1.29, 1.82) is 0 Å². The van der Waals surface area contributed by atoms with Gasteiger partial charge in [-0.15, -0.1) is 0 Å². The molecule has 0 aliphatic rings. The molecule has 0 atom stereocenters. The summed E-state index contributed by atoms with van der Waals surface area (Å²) in [5.74, 6) is -0.328. The highest BCUT2D eigenvalue weighted by Crippen LogP contribution is 2.08. The van der Waals surface area contributed by atoms with Crippen molar-refractivity contribution in [2.24, 2.45) is 0 Å². The average Bonchev–Trinajstić information content (AvgIpc) is 2.49. The van der Waals surface area contributed by atoms with Gasteiger partial charge in [0, 0.05) is 12.8 Å². The number of carbonyl (C=O) groups is 2. The van der Waals surface area contributed by atoms with Gasteiger partial charge in [0.05, 0.1) is 12.8 Å². The van der Waals surface area contributed by atoms with Crippen LogP contribution in [0.3, 0.4) is 0 Å². The van der Waals surface area contributed by atoms with E-state index in [4.69, 9.17) is 9.47 Å². The van der Waals surface area contributed by atoms with Crippen LogP contribution in [0.4, 0.5) is 4.79 Å². The minimum atomic E-state index is -0.559. The molecule has 0 rings (SSSR count). The molecule has 25 heavy (non-hydrogen) atoms. The molecule has 0 fully saturated rings. The van der Waals surface area contributed by atoms with Gasteiger partial charge in [-0.3, -0.25) is 5.32 Å². The molecule has 0 heterocycles. The summed E-state index contributed by atoms with van der Waals surface area (Å²) < 4.78 is 12.1. The largest absolute Gasteiger partial charge is 0.461 e. The number of methoxy groups -OCH3 is 1. The van der Waals surface area contributed by atoms with Crippen LogP contribution in [0.5, 0.6) is 0 Å². The summed E-state index contributed by atoms with van der Waals surface area (Å²) in [6, 6.07) is 0. The Kier molecular flexibility index (Phi) is 10.8. The van der Waals surface area contributed by atoms with Crippen molar-refractivity contribution in [3.8, 4) is 0 Å². The van der Waals surface area contributed by atoms with E-state index in [9.17, 15) is 9.59 Å². The van der Waals surface area contributed by atoms with Crippen molar-refractivity contribution in [2.45, 2.75) is 79.2 Å². The Morgan fingerprint density at radius 3 is 2.20 bits per heavy atom. The molecule has 6 nitrogen and oxygen atoms in total. The van der Waals surface area contributed by atoms with Crippen molar-refractivity contribution in [3.63, 3.8) is 0 Å². The predicted octanol–water partition coefficient (Wildman–Crippen LogP) is 3.99. The molecular formula is C19H35N2O4+. The third kappa shape index (κ3) is 10.6. The second-order valence-corrected chi connectivity index (χ2v) is 7.03. The minimum Gasteiger partial charge on any atom is -0.461 e. The number of ether oxygens (including phenoxy) is 2. The average molecular weight is 355 g/mol. The van der Waals surface area contributed by atoms with E-state index in [2.05, 4.69) is 19.2 Å². The fraction of sp³-hybridized carbons (Fsp3) is 0.737. The number of hydrogen-bond donors (Lipinski definition) is 1. The van der Waals surface area contributed by atoms with E-state index in [-0.39, 0.29) is 5.97 Å². The maximum absolute atomic E-state index is 12.2. The van der Waals surface area contributed by atoms with E-state index in [1.807, 2.05) is 25.3 Å². The summed E-state index contributed by atoms with van der Waals surface area (Å²) in [6.45, 7) is 12.1. The molecule has 0 radical (unpaired) electrons. The molecular weight excluding hydrogens is 320 g/mol. The molecule has 0 saturated heterocycles. The first-order valence-electron chi connectivity index (χ1n) is 9.03. The van der Waals surface area contributed by atoms with Crippen LogP contribution < -0.4 is 5.32 Å². The standard InChI is InChI=1S/C19H34N2O4/c1-8-10-12-16(17(22)24-7)21(13-11-9-2)14-15(3)20-18(23)25-19(4,5)6/h14H,8-13H2,1-7H3/p+1. The molecule has 0 aromatic rings. The van der Waals surface area contributed by atoms with Crippen molar-refractivity contribution < 1.29 is 23.6 Å². The molecule has 144 valence electrons. The molecule has 1 amide bonds. The van der Waals surface area contributed by atoms with E-state index in [0.29, 0.717) is 24.4 Å². The maximum Gasteiger partial charge on any atom is 0.412 e. The van der Waals surface area contributed by atoms with Crippen LogP contribution in [0.15, 0.2) is 11.9 Å². The van der Waals surface area contributed by atoms with Crippen LogP contribution in [0.25, 0.3) is 0 Å². The van der Waals surface area contributed by atoms with Gasteiger partial charge in [-0.2, -0.15) is 4.58 Å². The van der Waals surface area contributed by atoms with Crippen LogP contribution in [0.2, 0.25) is 0 Å². The number of nitrogens with zero attached hydrogens (tertiary/aromatic N) is 1. The molecule has 0 bridgehead atoms. The SMILES string of the molecule is CCCCC(C(=O)OC)=[N+](/C=C(\C)NC(=O)OC(C)(C)C)CCCC. The third-order valence-corrected chi connectivity index (χ3v) is 3.34. The van der Waals surface area contributed by atoms with E-state index in [1.165, 1.54) is 7.11 Å². The number of amides is 1. The van der Waals surface area contributed by atoms with E-state index in [1.54, 1.807) is 13.1 Å². The summed E-state index contributed by atoms with van der Waals surface area (Å²) in [5, 5.41) is 2.70. The van der Waals surface area contributed by atoms with Crippen LogP contribution in [-0.4, -0.2) is 41.6 Å². The smallest absolute Gasteiger partial charge is 0.412 e. The Morgan fingerprint density at radius 1 is 1.12 bits per heavy atom. The fourth-order valence-corrected chi connectivity index (χ4v) is 2.16. The van der Waals surface area contributed by atoms with Crippen molar-refractivity contribution in [2.75, 3.05) is 13.7 Å². The fourth-order valence-electron chi connectivity index (χ4n) is 2.16. The molecule has 0 unspecified atom stereocenters. The molecule has 0 saturated carbocycles. The Bertz CT molecular complexity index is 502. The lowest BCUT2D eigenvalue weighted by atomic mass is 10.1. The van der Waals surface area contributed by atoms with Gasteiger partial charge in [-0.25, -0.2) is 9.59 Å². The van der Waals surface area contributed by atoms with Gasteiger partial charge in [-0.05, 0) is 34.1 Å². The predicted molar refractivity (Wildman–Crippen MR) is 99.7 cm³/mol. The summed E-state index contributed by atoms with van der Waals surface area (Å²) in [5.41, 5.74) is 0.669. The number of hydrogen-bond acceptors (Lipinski definition) is 4. The summed E-state index contributed by atoms with van der Waals surface area (Å²) in [7, 11) is 1.39. The molecule has 0 aromatic heterocycles. The van der Waals surface area contributed by atoms with Gasteiger partial charge in [0.1, 0.15) is 12.1 Å². The normalized spacial score (nSPS) is 13.2. The summed E-state index contributed by atoms with van der Waals surface area (Å²) >= 11 is 0. The van der Waals surface area contributed by atoms with Crippen molar-refractivity contribution in [1.82, 2.24) is 5.32 Å². The number of unbranched alkanes of at least 4 members (excludes halogenated alkanes) is 2. The monoisotopic (exact) mass is 355 g/mol. The van der Waals surface area contributed by atoms with E-state index >= 15 is 0 Å². The lowest BCUT2D eigenvalue weighted by Crippen LogP contribution is -2.33. The Balaban J connectivity index is 5.48. The van der Waals surface area contributed by atoms with Gasteiger partial charge in [0.2, 0.25) is 0 Å². The Labute approximate surface area is 152 Å². The van der Waals surface area contributed by atoms with Crippen LogP contribution in [0.1, 0.15) is 73.6 Å². The second kappa shape index (κ2) is 11.7. The third-order valence-electron chi connectivity index (χ3n) is 3.34. The summed E-state index contributed by atoms with van der Waals surface area (Å²) in [4.78, 5) is 24.1. The molecule has 0 aliphatic heterocycles. The quantitative estimate of drug-likeness (QED) is 0.386. The van der Waals surface area contributed by atoms with Crippen molar-refractivity contribution >= 4 is 17.8 Å². The highest BCUT2D eigenvalue weighted by atomic mass is 16.6. The number of carbonyl (C=O) groups excluding carboxylic acids is 2. The van der Waals surface area contributed by atoms with Crippen LogP contribution in [-0.2, 0) is 14.3 Å². The highest BCUT2D eigenvalue weighted by Gasteiger charge is 2.23. The van der Waals surface area contributed by atoms with E-state index < -0.39 is 11.7 Å². The van der Waals surface area contributed by atoms with Gasteiger partial charge >= 0.3 is 12.1 Å². The van der Waals surface area contributed by atoms with Gasteiger partial charge in [-0.1, -0.05) is 26.7 Å². The lowest BCUT2D eigenvalue weighted by Gasteiger charge is -2.19. The molecule has 0 spiro atoms. The zero-order valence-electron chi connectivity index (χ0n) is 16.9. The van der Waals surface area contributed by atoms with Gasteiger partial charge in [0.25, 0.3) is 5.71 Å².